The van der Waals surface area contributed by atoms with Gasteiger partial charge < -0.3 is 15.2 Å². The van der Waals surface area contributed by atoms with Gasteiger partial charge in [-0.2, -0.15) is 0 Å². The molecule has 1 amide bonds. The molecule has 1 aliphatic heterocycles. The number of nitrogens with zero attached hydrogens (tertiary/aromatic N) is 1. The van der Waals surface area contributed by atoms with Gasteiger partial charge in [0.05, 0.1) is 24.2 Å². The van der Waals surface area contributed by atoms with E-state index in [1.165, 1.54) is 0 Å². The Bertz CT molecular complexity index is 436. The second-order valence-corrected chi connectivity index (χ2v) is 7.80. The first-order chi connectivity index (χ1) is 11.3. The molecule has 1 saturated carbocycles. The van der Waals surface area contributed by atoms with E-state index in [1.807, 2.05) is 13.8 Å². The minimum atomic E-state index is -0.712. The number of morpholine rings is 1. The molecule has 0 spiro atoms. The Hall–Kier alpha value is -1.14. The van der Waals surface area contributed by atoms with Gasteiger partial charge in [-0.25, -0.2) is 0 Å². The topological polar surface area (TPSA) is 78.9 Å². The van der Waals surface area contributed by atoms with Crippen molar-refractivity contribution in [1.29, 1.82) is 0 Å². The van der Waals surface area contributed by atoms with E-state index in [0.29, 0.717) is 12.8 Å². The number of hydrogen-bond donors (Lipinski definition) is 2. The van der Waals surface area contributed by atoms with E-state index in [0.717, 1.165) is 25.9 Å². The lowest BCUT2D eigenvalue weighted by Crippen LogP contribution is -2.58. The first kappa shape index (κ1) is 19.2. The predicted molar refractivity (Wildman–Crippen MR) is 91.7 cm³/mol. The minimum Gasteiger partial charge on any atom is -0.481 e. The summed E-state index contributed by atoms with van der Waals surface area (Å²) in [6, 6.07) is -0.0544. The van der Waals surface area contributed by atoms with Gasteiger partial charge >= 0.3 is 5.97 Å². The van der Waals surface area contributed by atoms with E-state index in [1.54, 1.807) is 0 Å². The summed E-state index contributed by atoms with van der Waals surface area (Å²) in [4.78, 5) is 26.2. The Morgan fingerprint density at radius 2 is 1.62 bits per heavy atom. The number of hydrogen-bond acceptors (Lipinski definition) is 4. The van der Waals surface area contributed by atoms with Crippen LogP contribution in [-0.4, -0.2) is 59.3 Å². The molecule has 1 saturated heterocycles. The summed E-state index contributed by atoms with van der Waals surface area (Å²) in [5.74, 6) is -0.668. The van der Waals surface area contributed by atoms with Crippen molar-refractivity contribution >= 4 is 11.9 Å². The molecule has 2 aliphatic rings. The molecule has 2 N–H and O–H groups in total. The summed E-state index contributed by atoms with van der Waals surface area (Å²) in [7, 11) is 0. The molecule has 138 valence electrons. The summed E-state index contributed by atoms with van der Waals surface area (Å²) < 4.78 is 5.78. The third-order valence-corrected chi connectivity index (χ3v) is 5.16. The number of nitrogens with one attached hydrogen (secondary N) is 1. The average Bonchev–Trinajstić information content (AvgIpc) is 2.46. The zero-order valence-corrected chi connectivity index (χ0v) is 15.3. The molecule has 0 aromatic heterocycles. The first-order valence-electron chi connectivity index (χ1n) is 9.20. The highest BCUT2D eigenvalue weighted by Gasteiger charge is 2.35. The largest absolute Gasteiger partial charge is 0.481 e. The smallest absolute Gasteiger partial charge is 0.306 e. The molecule has 1 aliphatic carbocycles. The molecule has 6 heteroatoms. The molecule has 1 heterocycles. The lowest BCUT2D eigenvalue weighted by molar-refractivity contribution is -0.142. The van der Waals surface area contributed by atoms with Crippen molar-refractivity contribution in [3.63, 3.8) is 0 Å². The Kier molecular flexibility index (Phi) is 6.63. The van der Waals surface area contributed by atoms with Crippen LogP contribution in [0.3, 0.4) is 0 Å². The molecule has 2 rings (SSSR count). The summed E-state index contributed by atoms with van der Waals surface area (Å²) in [5, 5.41) is 12.3. The Morgan fingerprint density at radius 1 is 1.08 bits per heavy atom. The van der Waals surface area contributed by atoms with Crippen LogP contribution in [0.4, 0.5) is 0 Å². The third-order valence-electron chi connectivity index (χ3n) is 5.16. The van der Waals surface area contributed by atoms with Crippen molar-refractivity contribution in [2.24, 2.45) is 11.8 Å². The molecule has 2 fully saturated rings. The van der Waals surface area contributed by atoms with Crippen molar-refractivity contribution in [2.45, 2.75) is 77.7 Å². The number of aliphatic carboxylic acids is 1. The molecule has 0 aromatic rings. The van der Waals surface area contributed by atoms with Crippen LogP contribution in [0.1, 0.15) is 53.4 Å². The fraction of sp³-hybridized carbons (Fsp3) is 0.889. The number of carbonyl (C=O) groups is 2. The summed E-state index contributed by atoms with van der Waals surface area (Å²) in [5.41, 5.74) is 0. The monoisotopic (exact) mass is 340 g/mol. The van der Waals surface area contributed by atoms with Crippen LogP contribution in [0.25, 0.3) is 0 Å². The number of carbonyl (C=O) groups excluding carboxylic acids is 1. The molecular weight excluding hydrogens is 308 g/mol. The van der Waals surface area contributed by atoms with Crippen LogP contribution in [0, 0.1) is 11.8 Å². The lowest BCUT2D eigenvalue weighted by Gasteiger charge is -2.41. The van der Waals surface area contributed by atoms with Crippen LogP contribution in [0.15, 0.2) is 0 Å². The van der Waals surface area contributed by atoms with Crippen LogP contribution < -0.4 is 5.32 Å². The molecule has 3 atom stereocenters. The van der Waals surface area contributed by atoms with Crippen LogP contribution >= 0.6 is 0 Å². The van der Waals surface area contributed by atoms with Crippen molar-refractivity contribution in [3.05, 3.63) is 0 Å². The summed E-state index contributed by atoms with van der Waals surface area (Å²) in [6.07, 6.45) is 3.08. The van der Waals surface area contributed by atoms with Gasteiger partial charge in [-0.15, -0.1) is 0 Å². The third kappa shape index (κ3) is 4.93. The van der Waals surface area contributed by atoms with Crippen LogP contribution in [-0.2, 0) is 14.3 Å². The lowest BCUT2D eigenvalue weighted by atomic mass is 9.86. The van der Waals surface area contributed by atoms with Crippen molar-refractivity contribution in [1.82, 2.24) is 10.2 Å². The fourth-order valence-electron chi connectivity index (χ4n) is 4.11. The zero-order chi connectivity index (χ0) is 17.9. The van der Waals surface area contributed by atoms with E-state index in [-0.39, 0.29) is 42.0 Å². The molecule has 0 unspecified atom stereocenters. The molecule has 0 aromatic carbocycles. The number of ether oxygens (including phenoxy) is 1. The maximum atomic E-state index is 12.9. The van der Waals surface area contributed by atoms with Gasteiger partial charge in [0, 0.05) is 19.1 Å². The predicted octanol–water partition coefficient (Wildman–Crippen LogP) is 1.88. The van der Waals surface area contributed by atoms with E-state index >= 15 is 0 Å². The number of rotatable bonds is 5. The maximum Gasteiger partial charge on any atom is 0.306 e. The molecule has 6 nitrogen and oxygen atoms in total. The quantitative estimate of drug-likeness (QED) is 0.799. The number of carboxylic acid groups (broad SMARTS) is 1. The average molecular weight is 340 g/mol. The summed E-state index contributed by atoms with van der Waals surface area (Å²) >= 11 is 0. The van der Waals surface area contributed by atoms with Gasteiger partial charge in [-0.1, -0.05) is 13.8 Å². The van der Waals surface area contributed by atoms with E-state index < -0.39 is 5.97 Å². The Balaban J connectivity index is 1.93. The summed E-state index contributed by atoms with van der Waals surface area (Å²) in [6.45, 7) is 9.79. The van der Waals surface area contributed by atoms with Gasteiger partial charge in [-0.05, 0) is 45.4 Å². The highest BCUT2D eigenvalue weighted by atomic mass is 16.5. The standard InChI is InChI=1S/C18H32N2O4/c1-11(2)16(20-9-12(3)24-13(4)10-20)17(21)19-15-7-5-14(6-8-15)18(22)23/h11-16H,5-10H2,1-4H3,(H,19,21)(H,22,23)/t12-,13-,14?,15?,16+/m1/s1. The SMILES string of the molecule is CC(C)[C@@H](C(=O)NC1CCC(C(=O)O)CC1)N1C[C@@H](C)O[C@H](C)C1. The number of amides is 1. The maximum absolute atomic E-state index is 12.9. The second-order valence-electron chi connectivity index (χ2n) is 7.80. The first-order valence-corrected chi connectivity index (χ1v) is 9.20. The fourth-order valence-corrected chi connectivity index (χ4v) is 4.11. The highest BCUT2D eigenvalue weighted by Crippen LogP contribution is 2.25. The van der Waals surface area contributed by atoms with Crippen LogP contribution in [0.5, 0.6) is 0 Å². The van der Waals surface area contributed by atoms with E-state index in [9.17, 15) is 9.59 Å². The second kappa shape index (κ2) is 8.30. The zero-order valence-electron chi connectivity index (χ0n) is 15.3. The molecule has 24 heavy (non-hydrogen) atoms. The van der Waals surface area contributed by atoms with Crippen molar-refractivity contribution < 1.29 is 19.4 Å². The molecule has 0 radical (unpaired) electrons. The van der Waals surface area contributed by atoms with Gasteiger partial charge in [0.25, 0.3) is 0 Å². The van der Waals surface area contributed by atoms with Crippen molar-refractivity contribution in [2.75, 3.05) is 13.1 Å². The van der Waals surface area contributed by atoms with Crippen LogP contribution in [0.2, 0.25) is 0 Å². The Labute approximate surface area is 144 Å². The normalized spacial score (nSPS) is 33.2. The highest BCUT2D eigenvalue weighted by molar-refractivity contribution is 5.82. The van der Waals surface area contributed by atoms with E-state index in [2.05, 4.69) is 24.1 Å². The van der Waals surface area contributed by atoms with Gasteiger partial charge in [0.15, 0.2) is 0 Å². The molecular formula is C18H32N2O4. The van der Waals surface area contributed by atoms with Gasteiger partial charge in [0.1, 0.15) is 0 Å². The van der Waals surface area contributed by atoms with Crippen molar-refractivity contribution in [3.8, 4) is 0 Å². The van der Waals surface area contributed by atoms with E-state index in [4.69, 9.17) is 9.84 Å². The Morgan fingerprint density at radius 3 is 2.08 bits per heavy atom. The minimum absolute atomic E-state index is 0.0741. The van der Waals surface area contributed by atoms with Gasteiger partial charge in [-0.3, -0.25) is 14.5 Å². The molecule has 0 bridgehead atoms. The number of carboxylic acids is 1. The van der Waals surface area contributed by atoms with Gasteiger partial charge in [0.2, 0.25) is 5.91 Å².